The number of hydrogen-bond donors (Lipinski definition) is 2. The molecular weight excluding hydrogens is 316 g/mol. The first kappa shape index (κ1) is 18.4. The first-order valence-corrected chi connectivity index (χ1v) is 8.99. The Labute approximate surface area is 149 Å². The summed E-state index contributed by atoms with van der Waals surface area (Å²) in [7, 11) is 0. The summed E-state index contributed by atoms with van der Waals surface area (Å²) in [4.78, 5) is 13.4. The number of rotatable bonds is 5. The number of thioether (sulfide) groups is 1. The van der Waals surface area contributed by atoms with E-state index in [0.29, 0.717) is 12.8 Å². The molecule has 0 heterocycles. The molecule has 0 atom stereocenters. The molecule has 2 aromatic carbocycles. The van der Waals surface area contributed by atoms with Crippen molar-refractivity contribution in [2.24, 2.45) is 0 Å². The van der Waals surface area contributed by atoms with Crippen LogP contribution in [0.3, 0.4) is 0 Å². The van der Waals surface area contributed by atoms with Crippen LogP contribution < -0.4 is 11.1 Å². The fourth-order valence-electron chi connectivity index (χ4n) is 2.42. The SMILES string of the molecule is Cc1cc(SC(C)(C)C)ccc1NC(=O)CCc1ccccc1N. The number of nitrogens with one attached hydrogen (secondary N) is 1. The van der Waals surface area contributed by atoms with Crippen molar-refractivity contribution < 1.29 is 4.79 Å². The van der Waals surface area contributed by atoms with Gasteiger partial charge in [0.1, 0.15) is 0 Å². The number of carbonyl (C=O) groups excluding carboxylic acids is 1. The summed E-state index contributed by atoms with van der Waals surface area (Å²) in [6, 6.07) is 13.8. The fraction of sp³-hybridized carbons (Fsp3) is 0.350. The van der Waals surface area contributed by atoms with Crippen molar-refractivity contribution in [3.63, 3.8) is 0 Å². The van der Waals surface area contributed by atoms with Crippen molar-refractivity contribution in [1.29, 1.82) is 0 Å². The van der Waals surface area contributed by atoms with Crippen LogP contribution in [0, 0.1) is 6.92 Å². The number of nitrogens with two attached hydrogens (primary N) is 1. The quantitative estimate of drug-likeness (QED) is 0.591. The van der Waals surface area contributed by atoms with Gasteiger partial charge in [-0.25, -0.2) is 0 Å². The molecule has 4 heteroatoms. The van der Waals surface area contributed by atoms with Crippen molar-refractivity contribution in [1.82, 2.24) is 0 Å². The molecule has 3 nitrogen and oxygen atoms in total. The maximum Gasteiger partial charge on any atom is 0.224 e. The molecule has 128 valence electrons. The second kappa shape index (κ2) is 7.75. The lowest BCUT2D eigenvalue weighted by atomic mass is 10.1. The van der Waals surface area contributed by atoms with Crippen LogP contribution in [0.25, 0.3) is 0 Å². The molecule has 0 radical (unpaired) electrons. The minimum absolute atomic E-state index is 0.0116. The number of carbonyl (C=O) groups is 1. The van der Waals surface area contributed by atoms with Crippen molar-refractivity contribution in [2.45, 2.75) is 50.2 Å². The van der Waals surface area contributed by atoms with E-state index in [9.17, 15) is 4.79 Å². The minimum Gasteiger partial charge on any atom is -0.399 e. The number of amides is 1. The summed E-state index contributed by atoms with van der Waals surface area (Å²) >= 11 is 1.83. The minimum atomic E-state index is 0.0116. The van der Waals surface area contributed by atoms with E-state index in [4.69, 9.17) is 5.73 Å². The molecule has 3 N–H and O–H groups in total. The van der Waals surface area contributed by atoms with Gasteiger partial charge in [-0.1, -0.05) is 39.0 Å². The molecule has 0 aromatic heterocycles. The fourth-order valence-corrected chi connectivity index (χ4v) is 3.50. The predicted octanol–water partition coefficient (Wildman–Crippen LogP) is 5.04. The second-order valence-electron chi connectivity index (χ2n) is 6.94. The maximum absolute atomic E-state index is 12.2. The molecule has 0 fully saturated rings. The number of anilines is 2. The van der Waals surface area contributed by atoms with Crippen LogP contribution in [-0.4, -0.2) is 10.7 Å². The third-order valence-corrected chi connectivity index (χ3v) is 4.67. The van der Waals surface area contributed by atoms with Crippen LogP contribution in [0.1, 0.15) is 38.3 Å². The molecule has 0 aliphatic carbocycles. The third kappa shape index (κ3) is 5.60. The van der Waals surface area contributed by atoms with Gasteiger partial charge in [0, 0.05) is 27.4 Å². The van der Waals surface area contributed by atoms with Gasteiger partial charge >= 0.3 is 0 Å². The van der Waals surface area contributed by atoms with E-state index < -0.39 is 0 Å². The zero-order chi connectivity index (χ0) is 17.7. The summed E-state index contributed by atoms with van der Waals surface area (Å²) in [6.07, 6.45) is 1.07. The Morgan fingerprint density at radius 3 is 2.50 bits per heavy atom. The highest BCUT2D eigenvalue weighted by Gasteiger charge is 2.13. The Bertz CT molecular complexity index is 720. The summed E-state index contributed by atoms with van der Waals surface area (Å²) in [5.41, 5.74) is 9.63. The van der Waals surface area contributed by atoms with E-state index in [2.05, 4.69) is 38.2 Å². The lowest BCUT2D eigenvalue weighted by Gasteiger charge is -2.18. The van der Waals surface area contributed by atoms with Crippen LogP contribution >= 0.6 is 11.8 Å². The van der Waals surface area contributed by atoms with Gasteiger partial charge < -0.3 is 11.1 Å². The molecule has 2 aromatic rings. The van der Waals surface area contributed by atoms with E-state index in [0.717, 1.165) is 22.5 Å². The van der Waals surface area contributed by atoms with Crippen molar-refractivity contribution >= 4 is 29.0 Å². The Hall–Kier alpha value is -1.94. The van der Waals surface area contributed by atoms with E-state index in [-0.39, 0.29) is 10.7 Å². The van der Waals surface area contributed by atoms with Gasteiger partial charge in [-0.15, -0.1) is 11.8 Å². The Morgan fingerprint density at radius 2 is 1.88 bits per heavy atom. The number of hydrogen-bond acceptors (Lipinski definition) is 3. The predicted molar refractivity (Wildman–Crippen MR) is 105 cm³/mol. The molecule has 2 rings (SSSR count). The first-order chi connectivity index (χ1) is 11.2. The number of aryl methyl sites for hydroxylation is 2. The largest absolute Gasteiger partial charge is 0.399 e. The Kier molecular flexibility index (Phi) is 5.94. The molecule has 0 bridgehead atoms. The Balaban J connectivity index is 1.95. The van der Waals surface area contributed by atoms with Crippen LogP contribution in [-0.2, 0) is 11.2 Å². The molecule has 0 saturated heterocycles. The summed E-state index contributed by atoms with van der Waals surface area (Å²) in [5, 5.41) is 3.00. The topological polar surface area (TPSA) is 55.1 Å². The highest BCUT2D eigenvalue weighted by atomic mass is 32.2. The molecule has 0 saturated carbocycles. The van der Waals surface area contributed by atoms with Crippen molar-refractivity contribution in [2.75, 3.05) is 11.1 Å². The lowest BCUT2D eigenvalue weighted by Crippen LogP contribution is -2.13. The zero-order valence-electron chi connectivity index (χ0n) is 14.8. The molecule has 1 amide bonds. The molecule has 0 unspecified atom stereocenters. The van der Waals surface area contributed by atoms with E-state index in [1.54, 1.807) is 0 Å². The highest BCUT2D eigenvalue weighted by molar-refractivity contribution is 8.00. The van der Waals surface area contributed by atoms with Crippen LogP contribution in [0.2, 0.25) is 0 Å². The average molecular weight is 343 g/mol. The summed E-state index contributed by atoms with van der Waals surface area (Å²) in [5.74, 6) is 0.0116. The van der Waals surface area contributed by atoms with Crippen molar-refractivity contribution in [3.8, 4) is 0 Å². The van der Waals surface area contributed by atoms with Gasteiger partial charge in [0.25, 0.3) is 0 Å². The van der Waals surface area contributed by atoms with Gasteiger partial charge in [-0.3, -0.25) is 4.79 Å². The van der Waals surface area contributed by atoms with Crippen LogP contribution in [0.4, 0.5) is 11.4 Å². The number of para-hydroxylation sites is 1. The van der Waals surface area contributed by atoms with Gasteiger partial charge in [-0.2, -0.15) is 0 Å². The zero-order valence-corrected chi connectivity index (χ0v) is 15.7. The monoisotopic (exact) mass is 342 g/mol. The van der Waals surface area contributed by atoms with Crippen LogP contribution in [0.15, 0.2) is 47.4 Å². The number of benzene rings is 2. The summed E-state index contributed by atoms with van der Waals surface area (Å²) < 4.78 is 0.173. The second-order valence-corrected chi connectivity index (χ2v) is 8.84. The molecule has 0 aliphatic heterocycles. The maximum atomic E-state index is 12.2. The number of nitrogen functional groups attached to an aromatic ring is 1. The summed E-state index contributed by atoms with van der Waals surface area (Å²) in [6.45, 7) is 8.60. The van der Waals surface area contributed by atoms with Crippen LogP contribution in [0.5, 0.6) is 0 Å². The molecule has 0 aliphatic rings. The Morgan fingerprint density at radius 1 is 1.17 bits per heavy atom. The lowest BCUT2D eigenvalue weighted by molar-refractivity contribution is -0.116. The smallest absolute Gasteiger partial charge is 0.224 e. The van der Waals surface area contributed by atoms with E-state index >= 15 is 0 Å². The van der Waals surface area contributed by atoms with Gasteiger partial charge in [-0.05, 0) is 48.7 Å². The van der Waals surface area contributed by atoms with Gasteiger partial charge in [0.15, 0.2) is 0 Å². The average Bonchev–Trinajstić information content (AvgIpc) is 2.48. The van der Waals surface area contributed by atoms with Crippen molar-refractivity contribution in [3.05, 3.63) is 53.6 Å². The van der Waals surface area contributed by atoms with E-state index in [1.807, 2.05) is 49.0 Å². The molecule has 0 spiro atoms. The van der Waals surface area contributed by atoms with Gasteiger partial charge in [0.2, 0.25) is 5.91 Å². The molecular formula is C20H26N2OS. The van der Waals surface area contributed by atoms with Gasteiger partial charge in [0.05, 0.1) is 0 Å². The molecule has 24 heavy (non-hydrogen) atoms. The first-order valence-electron chi connectivity index (χ1n) is 8.17. The van der Waals surface area contributed by atoms with E-state index in [1.165, 1.54) is 4.90 Å². The third-order valence-electron chi connectivity index (χ3n) is 3.57. The normalized spacial score (nSPS) is 11.3. The highest BCUT2D eigenvalue weighted by Crippen LogP contribution is 2.33. The standard InChI is InChI=1S/C20H26N2OS/c1-14-13-16(24-20(2,3)4)10-11-18(14)22-19(23)12-9-15-7-5-6-8-17(15)21/h5-8,10-11,13H,9,12,21H2,1-4H3,(H,22,23).